The fourth-order valence-electron chi connectivity index (χ4n) is 2.42. The van der Waals surface area contributed by atoms with Gasteiger partial charge in [-0.2, -0.15) is 0 Å². The van der Waals surface area contributed by atoms with Gasteiger partial charge in [0.05, 0.1) is 6.04 Å². The van der Waals surface area contributed by atoms with Crippen molar-refractivity contribution in [1.82, 2.24) is 15.2 Å². The molecule has 0 spiro atoms. The van der Waals surface area contributed by atoms with Gasteiger partial charge in [-0.3, -0.25) is 9.69 Å². The number of carbonyl (C=O) groups excluding carboxylic acids is 1. The third-order valence-electron chi connectivity index (χ3n) is 3.38. The average Bonchev–Trinajstić information content (AvgIpc) is 2.86. The second-order valence-electron chi connectivity index (χ2n) is 4.54. The summed E-state index contributed by atoms with van der Waals surface area (Å²) in [6.07, 6.45) is 3.83. The number of nitrogens with zero attached hydrogens (tertiary/aromatic N) is 2. The number of amides is 1. The molecule has 1 atom stereocenters. The SMILES string of the molecule is CNC(=O)C1CCCN1Cc1ccnc(NC)c1. The van der Waals surface area contributed by atoms with E-state index >= 15 is 0 Å². The number of nitrogens with one attached hydrogen (secondary N) is 2. The lowest BCUT2D eigenvalue weighted by Crippen LogP contribution is -2.41. The van der Waals surface area contributed by atoms with Crippen molar-refractivity contribution in [3.63, 3.8) is 0 Å². The summed E-state index contributed by atoms with van der Waals surface area (Å²) in [5.74, 6) is 0.985. The molecule has 1 aromatic heterocycles. The van der Waals surface area contributed by atoms with Crippen LogP contribution in [-0.4, -0.2) is 42.5 Å². The minimum absolute atomic E-state index is 0.0150. The molecular weight excluding hydrogens is 228 g/mol. The predicted molar refractivity (Wildman–Crippen MR) is 71.3 cm³/mol. The van der Waals surface area contributed by atoms with Crippen molar-refractivity contribution in [2.24, 2.45) is 0 Å². The number of likely N-dealkylation sites (N-methyl/N-ethyl adjacent to an activating group) is 1. The first-order valence-electron chi connectivity index (χ1n) is 6.33. The van der Waals surface area contributed by atoms with Crippen LogP contribution >= 0.6 is 0 Å². The van der Waals surface area contributed by atoms with Crippen LogP contribution in [0, 0.1) is 0 Å². The van der Waals surface area contributed by atoms with Gasteiger partial charge in [0.2, 0.25) is 5.91 Å². The summed E-state index contributed by atoms with van der Waals surface area (Å²) >= 11 is 0. The summed E-state index contributed by atoms with van der Waals surface area (Å²) in [5.41, 5.74) is 1.19. The summed E-state index contributed by atoms with van der Waals surface area (Å²) < 4.78 is 0. The Balaban J connectivity index is 2.05. The van der Waals surface area contributed by atoms with Crippen LogP contribution in [0.1, 0.15) is 18.4 Å². The van der Waals surface area contributed by atoms with Crippen LogP contribution in [0.25, 0.3) is 0 Å². The zero-order valence-corrected chi connectivity index (χ0v) is 10.9. The maximum Gasteiger partial charge on any atom is 0.237 e. The van der Waals surface area contributed by atoms with Crippen LogP contribution in [0.15, 0.2) is 18.3 Å². The molecule has 1 saturated heterocycles. The Bertz CT molecular complexity index is 421. The standard InChI is InChI=1S/C13H20N4O/c1-14-12-8-10(5-6-16-12)9-17-7-3-4-11(17)13(18)15-2/h5-6,8,11H,3-4,7,9H2,1-2H3,(H,14,16)(H,15,18). The van der Waals surface area contributed by atoms with Gasteiger partial charge in [-0.1, -0.05) is 0 Å². The quantitative estimate of drug-likeness (QED) is 0.829. The van der Waals surface area contributed by atoms with E-state index in [0.29, 0.717) is 0 Å². The topological polar surface area (TPSA) is 57.3 Å². The molecule has 1 aliphatic rings. The number of likely N-dealkylation sites (tertiary alicyclic amines) is 1. The van der Waals surface area contributed by atoms with E-state index in [1.807, 2.05) is 19.2 Å². The molecule has 1 unspecified atom stereocenters. The van der Waals surface area contributed by atoms with E-state index in [1.54, 1.807) is 13.2 Å². The smallest absolute Gasteiger partial charge is 0.237 e. The molecule has 0 radical (unpaired) electrons. The molecule has 18 heavy (non-hydrogen) atoms. The van der Waals surface area contributed by atoms with Crippen molar-refractivity contribution >= 4 is 11.7 Å². The number of hydrogen-bond acceptors (Lipinski definition) is 4. The Morgan fingerprint density at radius 2 is 2.39 bits per heavy atom. The Hall–Kier alpha value is -1.62. The van der Waals surface area contributed by atoms with E-state index in [2.05, 4.69) is 20.5 Å². The highest BCUT2D eigenvalue weighted by Gasteiger charge is 2.29. The van der Waals surface area contributed by atoms with Crippen molar-refractivity contribution in [3.05, 3.63) is 23.9 Å². The van der Waals surface area contributed by atoms with Gasteiger partial charge in [0.25, 0.3) is 0 Å². The Morgan fingerprint density at radius 1 is 1.56 bits per heavy atom. The molecule has 5 nitrogen and oxygen atoms in total. The minimum atomic E-state index is 0.0150. The van der Waals surface area contributed by atoms with E-state index in [9.17, 15) is 4.79 Å². The second-order valence-corrected chi connectivity index (χ2v) is 4.54. The monoisotopic (exact) mass is 248 g/mol. The van der Waals surface area contributed by atoms with Gasteiger partial charge < -0.3 is 10.6 Å². The maximum atomic E-state index is 11.8. The highest BCUT2D eigenvalue weighted by Crippen LogP contribution is 2.20. The van der Waals surface area contributed by atoms with E-state index < -0.39 is 0 Å². The summed E-state index contributed by atoms with van der Waals surface area (Å²) in [5, 5.41) is 5.77. The first kappa shape index (κ1) is 12.8. The van der Waals surface area contributed by atoms with Crippen LogP contribution < -0.4 is 10.6 Å². The average molecular weight is 248 g/mol. The highest BCUT2D eigenvalue weighted by atomic mass is 16.2. The van der Waals surface area contributed by atoms with Gasteiger partial charge in [-0.25, -0.2) is 4.98 Å². The lowest BCUT2D eigenvalue weighted by atomic mass is 10.2. The number of hydrogen-bond donors (Lipinski definition) is 2. The van der Waals surface area contributed by atoms with Crippen LogP contribution in [-0.2, 0) is 11.3 Å². The summed E-state index contributed by atoms with van der Waals surface area (Å²) in [6, 6.07) is 4.04. The molecule has 0 bridgehead atoms. The lowest BCUT2D eigenvalue weighted by molar-refractivity contribution is -0.125. The minimum Gasteiger partial charge on any atom is -0.373 e. The summed E-state index contributed by atoms with van der Waals surface area (Å²) in [7, 11) is 3.56. The third kappa shape index (κ3) is 2.79. The van der Waals surface area contributed by atoms with E-state index in [4.69, 9.17) is 0 Å². The number of anilines is 1. The van der Waals surface area contributed by atoms with Gasteiger partial charge in [-0.05, 0) is 37.1 Å². The van der Waals surface area contributed by atoms with E-state index in [0.717, 1.165) is 31.7 Å². The Labute approximate surface area is 108 Å². The van der Waals surface area contributed by atoms with Crippen LogP contribution in [0.4, 0.5) is 5.82 Å². The molecule has 2 rings (SSSR count). The number of pyridine rings is 1. The fourth-order valence-corrected chi connectivity index (χ4v) is 2.42. The molecule has 0 aromatic carbocycles. The first-order valence-corrected chi connectivity index (χ1v) is 6.33. The molecule has 2 heterocycles. The molecule has 1 aliphatic heterocycles. The van der Waals surface area contributed by atoms with Crippen molar-refractivity contribution in [3.8, 4) is 0 Å². The van der Waals surface area contributed by atoms with Crippen LogP contribution in [0.3, 0.4) is 0 Å². The number of carbonyl (C=O) groups is 1. The largest absolute Gasteiger partial charge is 0.373 e. The fraction of sp³-hybridized carbons (Fsp3) is 0.538. The van der Waals surface area contributed by atoms with E-state index in [-0.39, 0.29) is 11.9 Å². The number of rotatable bonds is 4. The summed E-state index contributed by atoms with van der Waals surface area (Å²) in [6.45, 7) is 1.78. The van der Waals surface area contributed by atoms with Gasteiger partial charge in [-0.15, -0.1) is 0 Å². The van der Waals surface area contributed by atoms with Gasteiger partial charge in [0.15, 0.2) is 0 Å². The number of aromatic nitrogens is 1. The molecule has 0 saturated carbocycles. The molecule has 1 fully saturated rings. The molecule has 5 heteroatoms. The molecule has 1 aromatic rings. The van der Waals surface area contributed by atoms with Crippen molar-refractivity contribution in [2.75, 3.05) is 26.0 Å². The van der Waals surface area contributed by atoms with Crippen molar-refractivity contribution in [2.45, 2.75) is 25.4 Å². The van der Waals surface area contributed by atoms with Gasteiger partial charge >= 0.3 is 0 Å². The summed E-state index contributed by atoms with van der Waals surface area (Å²) in [4.78, 5) is 18.2. The third-order valence-corrected chi connectivity index (χ3v) is 3.38. The van der Waals surface area contributed by atoms with Crippen LogP contribution in [0.5, 0.6) is 0 Å². The van der Waals surface area contributed by atoms with Gasteiger partial charge in [0, 0.05) is 26.8 Å². The van der Waals surface area contributed by atoms with Crippen molar-refractivity contribution in [1.29, 1.82) is 0 Å². The van der Waals surface area contributed by atoms with Gasteiger partial charge in [0.1, 0.15) is 5.82 Å². The normalized spacial score (nSPS) is 19.8. The Morgan fingerprint density at radius 3 is 3.11 bits per heavy atom. The van der Waals surface area contributed by atoms with Crippen LogP contribution in [0.2, 0.25) is 0 Å². The molecule has 2 N–H and O–H groups in total. The Kier molecular flexibility index (Phi) is 4.15. The lowest BCUT2D eigenvalue weighted by Gasteiger charge is -2.23. The molecule has 98 valence electrons. The first-order chi connectivity index (χ1) is 8.74. The molecule has 0 aliphatic carbocycles. The van der Waals surface area contributed by atoms with E-state index in [1.165, 1.54) is 5.56 Å². The second kappa shape index (κ2) is 5.82. The molecular formula is C13H20N4O. The maximum absolute atomic E-state index is 11.8. The van der Waals surface area contributed by atoms with Crippen molar-refractivity contribution < 1.29 is 4.79 Å². The zero-order chi connectivity index (χ0) is 13.0. The zero-order valence-electron chi connectivity index (χ0n) is 10.9. The predicted octanol–water partition coefficient (Wildman–Crippen LogP) is 0.834. The molecule has 1 amide bonds. The highest BCUT2D eigenvalue weighted by molar-refractivity contribution is 5.81.